The van der Waals surface area contributed by atoms with Crippen LogP contribution in [0.5, 0.6) is 0 Å². The molecule has 0 atom stereocenters. The predicted octanol–water partition coefficient (Wildman–Crippen LogP) is 24.1. The largest absolute Gasteiger partial charge is 0.208 e. The highest BCUT2D eigenvalue weighted by Gasteiger charge is 2.43. The molecule has 0 radical (unpaired) electrons. The molecule has 0 spiro atoms. The number of rotatable bonds is 15. The summed E-state index contributed by atoms with van der Waals surface area (Å²) in [6.07, 6.45) is 6.45. The maximum absolute atomic E-state index is 5.24. The number of fused-ring (bicyclic) bond motifs is 9. The van der Waals surface area contributed by atoms with Crippen LogP contribution in [0.2, 0.25) is 0 Å². The molecule has 0 aliphatic heterocycles. The predicted molar refractivity (Wildman–Crippen MR) is 389 cm³/mol. The molecular formula is C90H75N3. The van der Waals surface area contributed by atoms with Gasteiger partial charge in [0.2, 0.25) is 0 Å². The number of nitrogens with zero attached hydrogens (tertiary/aromatic N) is 3. The highest BCUT2D eigenvalue weighted by atomic mass is 15.0. The van der Waals surface area contributed by atoms with Crippen molar-refractivity contribution in [2.75, 3.05) is 0 Å². The standard InChI is InChI=1S/C90H75N3/c1-7-88(8-2)79-22-16-13-19-73(79)76-52-49-70(55-82(76)88)64-31-25-58(26-32-64)61-37-43-67(44-38-61)85-91-86(68-45-39-62(40-46-68)59-27-33-65(34-28-59)71-50-53-77-74-20-14-17-23-80(74)89(9-3,10-4)83(77)56-71)93-87(92-85)69-47-41-63(42-48-69)60-29-35-66(36-30-60)72-51-54-78-75-21-15-18-24-81(75)90(11-5,12-6)84(78)57-72/h13-57H,7-12H2,1-6H3. The van der Waals surface area contributed by atoms with Crippen molar-refractivity contribution in [3.8, 4) is 134 Å². The van der Waals surface area contributed by atoms with Gasteiger partial charge in [0, 0.05) is 32.9 Å². The molecule has 3 aliphatic rings. The minimum atomic E-state index is 0.0357. The second kappa shape index (κ2) is 23.1. The molecule has 93 heavy (non-hydrogen) atoms. The Morgan fingerprint density at radius 3 is 0.570 bits per heavy atom. The Morgan fingerprint density at radius 1 is 0.183 bits per heavy atom. The first-order valence-electron chi connectivity index (χ1n) is 33.8. The number of aromatic nitrogens is 3. The van der Waals surface area contributed by atoms with Gasteiger partial charge >= 0.3 is 0 Å². The van der Waals surface area contributed by atoms with Crippen LogP contribution in [0.15, 0.2) is 273 Å². The minimum Gasteiger partial charge on any atom is -0.208 e. The van der Waals surface area contributed by atoms with Gasteiger partial charge in [-0.05, 0) is 190 Å². The van der Waals surface area contributed by atoms with Crippen LogP contribution in [0, 0.1) is 0 Å². The molecule has 0 amide bonds. The van der Waals surface area contributed by atoms with Crippen LogP contribution in [0.3, 0.4) is 0 Å². The highest BCUT2D eigenvalue weighted by molar-refractivity contribution is 5.88. The van der Waals surface area contributed by atoms with Crippen molar-refractivity contribution in [3.05, 3.63) is 306 Å². The zero-order valence-corrected chi connectivity index (χ0v) is 54.1. The summed E-state index contributed by atoms with van der Waals surface area (Å²) in [6.45, 7) is 14.0. The molecular weight excluding hydrogens is 1120 g/mol. The van der Waals surface area contributed by atoms with Gasteiger partial charge in [-0.15, -0.1) is 0 Å². The monoisotopic (exact) mass is 1200 g/mol. The fraction of sp³-hybridized carbons (Fsp3) is 0.167. The van der Waals surface area contributed by atoms with Crippen molar-refractivity contribution < 1.29 is 0 Å². The fourth-order valence-electron chi connectivity index (χ4n) is 16.7. The lowest BCUT2D eigenvalue weighted by atomic mass is 9.73. The van der Waals surface area contributed by atoms with Crippen LogP contribution in [0.4, 0.5) is 0 Å². The Labute approximate surface area is 548 Å². The lowest BCUT2D eigenvalue weighted by Gasteiger charge is -2.30. The molecule has 0 bridgehead atoms. The quantitative estimate of drug-likeness (QED) is 0.103. The van der Waals surface area contributed by atoms with Crippen LogP contribution in [0.25, 0.3) is 134 Å². The minimum absolute atomic E-state index is 0.0357. The van der Waals surface area contributed by atoms with Crippen LogP contribution >= 0.6 is 0 Å². The summed E-state index contributed by atoms with van der Waals surface area (Å²) >= 11 is 0. The van der Waals surface area contributed by atoms with Crippen LogP contribution in [0.1, 0.15) is 113 Å². The maximum atomic E-state index is 5.24. The molecule has 0 unspecified atom stereocenters. The van der Waals surface area contributed by atoms with Gasteiger partial charge in [0.05, 0.1) is 0 Å². The van der Waals surface area contributed by atoms with Crippen LogP contribution in [-0.4, -0.2) is 15.0 Å². The summed E-state index contributed by atoms with van der Waals surface area (Å²) in [4.78, 5) is 15.7. The zero-order valence-electron chi connectivity index (χ0n) is 54.1. The molecule has 3 nitrogen and oxygen atoms in total. The average Bonchev–Trinajstić information content (AvgIpc) is 1.56. The third-order valence-corrected chi connectivity index (χ3v) is 22.1. The van der Waals surface area contributed by atoms with E-state index in [1.54, 1.807) is 0 Å². The van der Waals surface area contributed by atoms with Gasteiger partial charge in [0.1, 0.15) is 0 Å². The summed E-state index contributed by atoms with van der Waals surface area (Å²) in [7, 11) is 0. The van der Waals surface area contributed by atoms with Gasteiger partial charge in [-0.1, -0.05) is 296 Å². The molecule has 450 valence electrons. The van der Waals surface area contributed by atoms with Gasteiger partial charge in [0.25, 0.3) is 0 Å². The molecule has 3 aliphatic carbocycles. The zero-order chi connectivity index (χ0) is 63.0. The van der Waals surface area contributed by atoms with Crippen molar-refractivity contribution in [2.24, 2.45) is 0 Å². The molecule has 1 aromatic heterocycles. The molecule has 0 saturated heterocycles. The summed E-state index contributed by atoms with van der Waals surface area (Å²) in [5, 5.41) is 0. The number of hydrogen-bond acceptors (Lipinski definition) is 3. The molecule has 13 aromatic rings. The second-order valence-corrected chi connectivity index (χ2v) is 26.1. The first kappa shape index (κ1) is 57.8. The van der Waals surface area contributed by atoms with E-state index in [0.717, 1.165) is 88.6 Å². The fourth-order valence-corrected chi connectivity index (χ4v) is 16.7. The van der Waals surface area contributed by atoms with Gasteiger partial charge in [-0.2, -0.15) is 0 Å². The summed E-state index contributed by atoms with van der Waals surface area (Å²) in [5.41, 5.74) is 34.2. The third kappa shape index (κ3) is 9.33. The average molecular weight is 1200 g/mol. The Morgan fingerprint density at radius 2 is 0.355 bits per heavy atom. The molecule has 3 heteroatoms. The smallest absolute Gasteiger partial charge is 0.164 e. The summed E-state index contributed by atoms with van der Waals surface area (Å²) < 4.78 is 0. The second-order valence-electron chi connectivity index (χ2n) is 26.1. The lowest BCUT2D eigenvalue weighted by Crippen LogP contribution is -2.23. The number of benzene rings is 12. The lowest BCUT2D eigenvalue weighted by molar-refractivity contribution is 0.490. The Balaban J connectivity index is 0.689. The van der Waals surface area contributed by atoms with Crippen molar-refractivity contribution in [1.29, 1.82) is 0 Å². The SMILES string of the molecule is CCC1(CC)c2ccccc2-c2ccc(-c3ccc(-c4ccc(-c5nc(-c6ccc(-c7ccc(-c8ccc9c(c8)C(CC)(CC)c8ccccc8-9)cc7)cc6)nc(-c6ccc(-c7ccc(-c8ccc9c(c8)C(CC)(CC)c8ccccc8-9)cc7)cc6)n5)cc4)cc3)cc21. The Hall–Kier alpha value is -10.4. The third-order valence-electron chi connectivity index (χ3n) is 22.1. The normalized spacial score (nSPS) is 14.0. The van der Waals surface area contributed by atoms with E-state index < -0.39 is 0 Å². The van der Waals surface area contributed by atoms with E-state index in [9.17, 15) is 0 Å². The van der Waals surface area contributed by atoms with E-state index in [0.29, 0.717) is 17.5 Å². The Bertz CT molecular complexity index is 4470. The van der Waals surface area contributed by atoms with Crippen LogP contribution in [-0.2, 0) is 16.2 Å². The van der Waals surface area contributed by atoms with E-state index in [2.05, 4.69) is 315 Å². The molecule has 0 N–H and O–H groups in total. The molecule has 12 aromatic carbocycles. The molecule has 0 saturated carbocycles. The van der Waals surface area contributed by atoms with Gasteiger partial charge in [-0.25, -0.2) is 15.0 Å². The first-order valence-corrected chi connectivity index (χ1v) is 33.8. The first-order chi connectivity index (χ1) is 45.7. The topological polar surface area (TPSA) is 38.7 Å². The highest BCUT2D eigenvalue weighted by Crippen LogP contribution is 2.56. The van der Waals surface area contributed by atoms with E-state index in [1.807, 2.05) is 0 Å². The number of hydrogen-bond donors (Lipinski definition) is 0. The van der Waals surface area contributed by atoms with E-state index in [1.165, 1.54) is 100 Å². The molecule has 0 fully saturated rings. The van der Waals surface area contributed by atoms with Crippen LogP contribution < -0.4 is 0 Å². The van der Waals surface area contributed by atoms with Crippen molar-refractivity contribution in [1.82, 2.24) is 15.0 Å². The van der Waals surface area contributed by atoms with Crippen molar-refractivity contribution in [3.63, 3.8) is 0 Å². The van der Waals surface area contributed by atoms with E-state index in [-0.39, 0.29) is 16.2 Å². The molecule has 16 rings (SSSR count). The molecule has 1 heterocycles. The van der Waals surface area contributed by atoms with Gasteiger partial charge < -0.3 is 0 Å². The van der Waals surface area contributed by atoms with Gasteiger partial charge in [0.15, 0.2) is 17.5 Å². The van der Waals surface area contributed by atoms with Crippen molar-refractivity contribution in [2.45, 2.75) is 96.3 Å². The summed E-state index contributed by atoms with van der Waals surface area (Å²) in [5.74, 6) is 1.88. The van der Waals surface area contributed by atoms with E-state index >= 15 is 0 Å². The van der Waals surface area contributed by atoms with E-state index in [4.69, 9.17) is 15.0 Å². The summed E-state index contributed by atoms with van der Waals surface area (Å²) in [6, 6.07) is 101. The van der Waals surface area contributed by atoms with Crippen molar-refractivity contribution >= 4 is 0 Å². The maximum Gasteiger partial charge on any atom is 0.164 e. The Kier molecular flexibility index (Phi) is 14.3. The van der Waals surface area contributed by atoms with Gasteiger partial charge in [-0.3, -0.25) is 0 Å².